The Morgan fingerprint density at radius 1 is 1.26 bits per heavy atom. The second-order valence-electron chi connectivity index (χ2n) is 3.68. The second-order valence-corrected chi connectivity index (χ2v) is 5.41. The summed E-state index contributed by atoms with van der Waals surface area (Å²) in [7, 11) is -2.69. The molecule has 0 N–H and O–H groups in total. The van der Waals surface area contributed by atoms with E-state index in [9.17, 15) is 17.2 Å². The molecule has 0 saturated heterocycles. The van der Waals surface area contributed by atoms with Crippen molar-refractivity contribution in [3.05, 3.63) is 41.7 Å². The fraction of sp³-hybridized carbons (Fsp3) is 0.182. The number of hydrogen-bond acceptors (Lipinski definition) is 5. The highest BCUT2D eigenvalue weighted by atomic mass is 32.2. The van der Waals surface area contributed by atoms with E-state index < -0.39 is 27.5 Å². The molecule has 0 amide bonds. The summed E-state index contributed by atoms with van der Waals surface area (Å²) in [4.78, 5) is 0. The molecule has 102 valence electrons. The van der Waals surface area contributed by atoms with E-state index in [-0.39, 0.29) is 17.0 Å². The average Bonchev–Trinajstić information content (AvgIpc) is 2.80. The van der Waals surface area contributed by atoms with Gasteiger partial charge in [-0.25, -0.2) is 8.78 Å². The molecule has 0 spiro atoms. The second kappa shape index (κ2) is 5.06. The van der Waals surface area contributed by atoms with Crippen LogP contribution >= 0.6 is 0 Å². The first-order valence-electron chi connectivity index (χ1n) is 5.10. The Morgan fingerprint density at radius 2 is 2.00 bits per heavy atom. The largest absolute Gasteiger partial charge is 0.360 e. The molecule has 0 saturated carbocycles. The molecule has 1 heterocycles. The van der Waals surface area contributed by atoms with Crippen LogP contribution in [0.4, 0.5) is 8.78 Å². The monoisotopic (exact) mass is 289 g/mol. The van der Waals surface area contributed by atoms with Crippen LogP contribution in [0.5, 0.6) is 0 Å². The maximum atomic E-state index is 13.0. The molecule has 0 atom stereocenters. The number of aromatic nitrogens is 1. The summed E-state index contributed by atoms with van der Waals surface area (Å²) >= 11 is 0. The third-order valence-electron chi connectivity index (χ3n) is 2.35. The first kappa shape index (κ1) is 13.6. The highest BCUT2D eigenvalue weighted by molar-refractivity contribution is 7.85. The lowest BCUT2D eigenvalue weighted by Gasteiger charge is -1.96. The molecule has 1 aromatic carbocycles. The Labute approximate surface area is 107 Å². The van der Waals surface area contributed by atoms with Gasteiger partial charge in [-0.1, -0.05) is 5.16 Å². The van der Waals surface area contributed by atoms with Crippen LogP contribution in [0.15, 0.2) is 28.8 Å². The van der Waals surface area contributed by atoms with Crippen molar-refractivity contribution < 1.29 is 25.9 Å². The van der Waals surface area contributed by atoms with E-state index in [0.29, 0.717) is 0 Å². The Kier molecular flexibility index (Phi) is 3.63. The molecule has 0 aliphatic heterocycles. The van der Waals surface area contributed by atoms with Crippen molar-refractivity contribution in [3.63, 3.8) is 0 Å². The Morgan fingerprint density at radius 3 is 2.63 bits per heavy atom. The van der Waals surface area contributed by atoms with E-state index in [1.165, 1.54) is 12.1 Å². The first-order valence-corrected chi connectivity index (χ1v) is 6.68. The molecular weight excluding hydrogens is 280 g/mol. The fourth-order valence-corrected chi connectivity index (χ4v) is 2.01. The van der Waals surface area contributed by atoms with Crippen LogP contribution in [0.1, 0.15) is 5.76 Å². The topological polar surface area (TPSA) is 69.4 Å². The molecule has 19 heavy (non-hydrogen) atoms. The molecule has 0 unspecified atom stereocenters. The van der Waals surface area contributed by atoms with Crippen molar-refractivity contribution in [1.82, 2.24) is 5.16 Å². The van der Waals surface area contributed by atoms with Crippen LogP contribution in [0.25, 0.3) is 11.3 Å². The summed E-state index contributed by atoms with van der Waals surface area (Å²) in [5.74, 6) is -2.44. The van der Waals surface area contributed by atoms with E-state index in [2.05, 4.69) is 9.34 Å². The van der Waals surface area contributed by atoms with Crippen LogP contribution in [-0.4, -0.2) is 20.7 Å². The standard InChI is InChI=1S/C11H9F2NO4S/c1-17-19(15,16)6-8-5-11(14-18-8)7-2-3-9(12)10(13)4-7/h2-5H,6H2,1H3. The zero-order chi connectivity index (χ0) is 14.0. The molecule has 2 rings (SSSR count). The summed E-state index contributed by atoms with van der Waals surface area (Å²) < 4.78 is 57.3. The van der Waals surface area contributed by atoms with E-state index >= 15 is 0 Å². The van der Waals surface area contributed by atoms with E-state index in [1.54, 1.807) is 0 Å². The first-order chi connectivity index (χ1) is 8.91. The molecule has 0 bridgehead atoms. The maximum absolute atomic E-state index is 13.0. The van der Waals surface area contributed by atoms with Gasteiger partial charge >= 0.3 is 0 Å². The predicted molar refractivity (Wildman–Crippen MR) is 61.5 cm³/mol. The Bertz CT molecular complexity index is 696. The van der Waals surface area contributed by atoms with Gasteiger partial charge in [0.1, 0.15) is 11.4 Å². The number of hydrogen-bond donors (Lipinski definition) is 0. The van der Waals surface area contributed by atoms with Crippen LogP contribution in [-0.2, 0) is 20.1 Å². The van der Waals surface area contributed by atoms with Gasteiger partial charge in [0.05, 0.1) is 7.11 Å². The van der Waals surface area contributed by atoms with Crippen molar-refractivity contribution in [2.24, 2.45) is 0 Å². The molecule has 0 radical (unpaired) electrons. The molecule has 0 aliphatic carbocycles. The zero-order valence-electron chi connectivity index (χ0n) is 9.76. The third kappa shape index (κ3) is 3.15. The highest BCUT2D eigenvalue weighted by Gasteiger charge is 2.16. The van der Waals surface area contributed by atoms with Gasteiger partial charge in [0.2, 0.25) is 0 Å². The highest BCUT2D eigenvalue weighted by Crippen LogP contribution is 2.22. The number of halogens is 2. The van der Waals surface area contributed by atoms with Gasteiger partial charge in [0, 0.05) is 11.6 Å². The quantitative estimate of drug-likeness (QED) is 0.806. The molecule has 2 aromatic rings. The van der Waals surface area contributed by atoms with E-state index in [4.69, 9.17) is 4.52 Å². The molecule has 1 aromatic heterocycles. The average molecular weight is 289 g/mol. The lowest BCUT2D eigenvalue weighted by atomic mass is 10.1. The summed E-state index contributed by atoms with van der Waals surface area (Å²) in [5.41, 5.74) is 0.490. The van der Waals surface area contributed by atoms with Gasteiger partial charge in [-0.05, 0) is 18.2 Å². The minimum absolute atomic E-state index is 0.0431. The van der Waals surface area contributed by atoms with Crippen molar-refractivity contribution in [3.8, 4) is 11.3 Å². The fourth-order valence-electron chi connectivity index (χ4n) is 1.41. The van der Waals surface area contributed by atoms with Crippen LogP contribution in [0.2, 0.25) is 0 Å². The smallest absolute Gasteiger partial charge is 0.274 e. The minimum atomic E-state index is -3.72. The normalized spacial score (nSPS) is 11.7. The zero-order valence-corrected chi connectivity index (χ0v) is 10.6. The van der Waals surface area contributed by atoms with Crippen LogP contribution in [0, 0.1) is 11.6 Å². The summed E-state index contributed by atoms with van der Waals surface area (Å²) in [6.45, 7) is 0. The molecule has 5 nitrogen and oxygen atoms in total. The van der Waals surface area contributed by atoms with Gasteiger partial charge in [0.15, 0.2) is 17.4 Å². The molecule has 8 heteroatoms. The van der Waals surface area contributed by atoms with Crippen LogP contribution < -0.4 is 0 Å². The molecule has 0 aliphatic rings. The van der Waals surface area contributed by atoms with Crippen LogP contribution in [0.3, 0.4) is 0 Å². The van der Waals surface area contributed by atoms with Crippen molar-refractivity contribution in [1.29, 1.82) is 0 Å². The van der Waals surface area contributed by atoms with Gasteiger partial charge in [-0.2, -0.15) is 8.42 Å². The van der Waals surface area contributed by atoms with Gasteiger partial charge in [-0.3, -0.25) is 4.18 Å². The number of benzene rings is 1. The summed E-state index contributed by atoms with van der Waals surface area (Å²) in [6.07, 6.45) is 0. The predicted octanol–water partition coefficient (Wildman–Crippen LogP) is 2.10. The van der Waals surface area contributed by atoms with E-state index in [1.807, 2.05) is 0 Å². The lowest BCUT2D eigenvalue weighted by Crippen LogP contribution is -2.04. The Hall–Kier alpha value is -1.80. The van der Waals surface area contributed by atoms with Crippen molar-refractivity contribution in [2.75, 3.05) is 7.11 Å². The van der Waals surface area contributed by atoms with Crippen molar-refractivity contribution in [2.45, 2.75) is 5.75 Å². The maximum Gasteiger partial charge on any atom is 0.274 e. The van der Waals surface area contributed by atoms with E-state index in [0.717, 1.165) is 19.2 Å². The van der Waals surface area contributed by atoms with Crippen molar-refractivity contribution >= 4 is 10.1 Å². The molecular formula is C11H9F2NO4S. The lowest BCUT2D eigenvalue weighted by molar-refractivity contribution is 0.372. The van der Waals surface area contributed by atoms with Gasteiger partial charge in [-0.15, -0.1) is 0 Å². The SMILES string of the molecule is COS(=O)(=O)Cc1cc(-c2ccc(F)c(F)c2)no1. The third-order valence-corrected chi connectivity index (χ3v) is 3.49. The van der Waals surface area contributed by atoms with Gasteiger partial charge < -0.3 is 4.52 Å². The Balaban J connectivity index is 2.28. The minimum Gasteiger partial charge on any atom is -0.360 e. The molecule has 0 fully saturated rings. The van der Waals surface area contributed by atoms with Gasteiger partial charge in [0.25, 0.3) is 10.1 Å². The summed E-state index contributed by atoms with van der Waals surface area (Å²) in [6, 6.07) is 4.53. The number of nitrogens with zero attached hydrogens (tertiary/aromatic N) is 1. The number of rotatable bonds is 4. The summed E-state index contributed by atoms with van der Waals surface area (Å²) in [5, 5.41) is 3.59.